The molecular formula is C21H24ClNO3. The Morgan fingerprint density at radius 2 is 1.81 bits per heavy atom. The van der Waals surface area contributed by atoms with E-state index in [1.807, 2.05) is 63.3 Å². The fourth-order valence-electron chi connectivity index (χ4n) is 2.49. The zero-order valence-electron chi connectivity index (χ0n) is 15.6. The first-order chi connectivity index (χ1) is 12.5. The van der Waals surface area contributed by atoms with Gasteiger partial charge in [-0.15, -0.1) is 0 Å². The van der Waals surface area contributed by atoms with Gasteiger partial charge in [-0.05, 0) is 55.7 Å². The van der Waals surface area contributed by atoms with Crippen molar-refractivity contribution in [1.29, 1.82) is 0 Å². The quantitative estimate of drug-likeness (QED) is 0.350. The lowest BCUT2D eigenvalue weighted by atomic mass is 10.1. The van der Waals surface area contributed by atoms with Gasteiger partial charge >= 0.3 is 0 Å². The van der Waals surface area contributed by atoms with Crippen LogP contribution in [-0.2, 0) is 11.4 Å². The largest absolute Gasteiger partial charge is 0.490 e. The van der Waals surface area contributed by atoms with Crippen molar-refractivity contribution in [2.75, 3.05) is 13.7 Å². The standard InChI is InChI=1S/C21H24ClNO3/c1-5-6-9-25-19-10-15(2)21(16(3)11-19)26-14-18-8-7-17(12-20(18)22)13-23-24-4/h5-8,10-13H,9,14H2,1-4H3/b6-5+,23-13+. The minimum Gasteiger partial charge on any atom is -0.490 e. The molecule has 0 unspecified atom stereocenters. The number of hydrogen-bond acceptors (Lipinski definition) is 4. The highest BCUT2D eigenvalue weighted by atomic mass is 35.5. The summed E-state index contributed by atoms with van der Waals surface area (Å²) >= 11 is 6.34. The number of halogens is 1. The predicted molar refractivity (Wildman–Crippen MR) is 107 cm³/mol. The van der Waals surface area contributed by atoms with Crippen molar-refractivity contribution in [3.63, 3.8) is 0 Å². The van der Waals surface area contributed by atoms with Crippen molar-refractivity contribution in [3.8, 4) is 11.5 Å². The second kappa shape index (κ2) is 9.88. The Balaban J connectivity index is 2.08. The van der Waals surface area contributed by atoms with Crippen molar-refractivity contribution >= 4 is 17.8 Å². The van der Waals surface area contributed by atoms with Crippen LogP contribution < -0.4 is 9.47 Å². The SMILES string of the molecule is C/C=C/COc1cc(C)c(OCc2ccc(/C=N/OC)cc2Cl)c(C)c1. The molecule has 0 saturated carbocycles. The number of allylic oxidation sites excluding steroid dienone is 1. The highest BCUT2D eigenvalue weighted by Gasteiger charge is 2.09. The first kappa shape index (κ1) is 19.9. The first-order valence-electron chi connectivity index (χ1n) is 8.38. The number of nitrogens with zero attached hydrogens (tertiary/aromatic N) is 1. The van der Waals surface area contributed by atoms with Gasteiger partial charge in [0, 0.05) is 10.6 Å². The summed E-state index contributed by atoms with van der Waals surface area (Å²) in [5.41, 5.74) is 3.84. The smallest absolute Gasteiger partial charge is 0.125 e. The van der Waals surface area contributed by atoms with E-state index in [1.54, 1.807) is 6.21 Å². The third-order valence-corrected chi connectivity index (χ3v) is 4.12. The fourth-order valence-corrected chi connectivity index (χ4v) is 2.73. The molecule has 0 aromatic heterocycles. The number of rotatable bonds is 8. The van der Waals surface area contributed by atoms with Gasteiger partial charge < -0.3 is 14.3 Å². The van der Waals surface area contributed by atoms with Crippen LogP contribution in [0.4, 0.5) is 0 Å². The summed E-state index contributed by atoms with van der Waals surface area (Å²) in [6, 6.07) is 9.65. The maximum Gasteiger partial charge on any atom is 0.125 e. The third-order valence-electron chi connectivity index (χ3n) is 3.77. The van der Waals surface area contributed by atoms with Gasteiger partial charge in [-0.2, -0.15) is 0 Å². The third kappa shape index (κ3) is 5.53. The van der Waals surface area contributed by atoms with E-state index >= 15 is 0 Å². The molecule has 0 saturated heterocycles. The van der Waals surface area contributed by atoms with Crippen LogP contribution >= 0.6 is 11.6 Å². The highest BCUT2D eigenvalue weighted by Crippen LogP contribution is 2.30. The molecule has 2 rings (SSSR count). The number of oxime groups is 1. The number of aryl methyl sites for hydroxylation is 2. The van der Waals surface area contributed by atoms with Crippen molar-refractivity contribution in [2.24, 2.45) is 5.16 Å². The fraction of sp³-hybridized carbons (Fsp3) is 0.286. The van der Waals surface area contributed by atoms with Gasteiger partial charge in [0.05, 0.1) is 6.21 Å². The Morgan fingerprint density at radius 1 is 1.08 bits per heavy atom. The summed E-state index contributed by atoms with van der Waals surface area (Å²) in [5.74, 6) is 1.69. The molecule has 0 N–H and O–H groups in total. The van der Waals surface area contributed by atoms with E-state index in [0.29, 0.717) is 18.2 Å². The maximum atomic E-state index is 6.34. The van der Waals surface area contributed by atoms with Gasteiger partial charge in [-0.1, -0.05) is 41.0 Å². The van der Waals surface area contributed by atoms with E-state index in [1.165, 1.54) is 7.11 Å². The van der Waals surface area contributed by atoms with Crippen LogP contribution in [0.25, 0.3) is 0 Å². The molecule has 0 spiro atoms. The number of benzene rings is 2. The molecule has 4 nitrogen and oxygen atoms in total. The minimum absolute atomic E-state index is 0.390. The van der Waals surface area contributed by atoms with E-state index < -0.39 is 0 Å². The monoisotopic (exact) mass is 373 g/mol. The molecule has 0 aliphatic rings. The molecule has 26 heavy (non-hydrogen) atoms. The molecule has 0 radical (unpaired) electrons. The Kier molecular flexibility index (Phi) is 7.54. The normalized spacial score (nSPS) is 11.3. The molecule has 0 atom stereocenters. The van der Waals surface area contributed by atoms with Crippen LogP contribution in [0.1, 0.15) is 29.2 Å². The molecule has 0 amide bonds. The molecule has 2 aromatic rings. The van der Waals surface area contributed by atoms with E-state index in [9.17, 15) is 0 Å². The van der Waals surface area contributed by atoms with Gasteiger partial charge in [0.1, 0.15) is 31.8 Å². The molecular weight excluding hydrogens is 350 g/mol. The Labute approximate surface area is 160 Å². The number of hydrogen-bond donors (Lipinski definition) is 0. The average molecular weight is 374 g/mol. The lowest BCUT2D eigenvalue weighted by Crippen LogP contribution is -2.01. The van der Waals surface area contributed by atoms with Crippen LogP contribution in [0.3, 0.4) is 0 Å². The topological polar surface area (TPSA) is 40.0 Å². The van der Waals surface area contributed by atoms with Gasteiger partial charge in [0.2, 0.25) is 0 Å². The summed E-state index contributed by atoms with van der Waals surface area (Å²) in [6.07, 6.45) is 5.54. The number of ether oxygens (including phenoxy) is 2. The van der Waals surface area contributed by atoms with Crippen LogP contribution in [-0.4, -0.2) is 19.9 Å². The lowest BCUT2D eigenvalue weighted by Gasteiger charge is -2.15. The Hall–Kier alpha value is -2.46. The molecule has 0 heterocycles. The minimum atomic E-state index is 0.390. The Morgan fingerprint density at radius 3 is 2.42 bits per heavy atom. The summed E-state index contributed by atoms with van der Waals surface area (Å²) in [7, 11) is 1.50. The van der Waals surface area contributed by atoms with E-state index in [4.69, 9.17) is 21.1 Å². The van der Waals surface area contributed by atoms with Crippen LogP contribution in [0.2, 0.25) is 5.02 Å². The van der Waals surface area contributed by atoms with E-state index in [0.717, 1.165) is 33.8 Å². The molecule has 0 fully saturated rings. The zero-order chi connectivity index (χ0) is 18.9. The average Bonchev–Trinajstić information content (AvgIpc) is 2.61. The zero-order valence-corrected chi connectivity index (χ0v) is 16.3. The van der Waals surface area contributed by atoms with E-state index in [-0.39, 0.29) is 0 Å². The second-order valence-electron chi connectivity index (χ2n) is 5.82. The molecule has 0 aliphatic carbocycles. The predicted octanol–water partition coefficient (Wildman–Crippen LogP) is 5.47. The van der Waals surface area contributed by atoms with Crippen molar-refractivity contribution in [1.82, 2.24) is 0 Å². The maximum absolute atomic E-state index is 6.34. The second-order valence-corrected chi connectivity index (χ2v) is 6.23. The summed E-state index contributed by atoms with van der Waals surface area (Å²) in [4.78, 5) is 4.68. The van der Waals surface area contributed by atoms with E-state index in [2.05, 4.69) is 9.99 Å². The molecule has 0 aliphatic heterocycles. The molecule has 0 bridgehead atoms. The van der Waals surface area contributed by atoms with Crippen LogP contribution in [0, 0.1) is 13.8 Å². The Bertz CT molecular complexity index is 777. The lowest BCUT2D eigenvalue weighted by molar-refractivity contribution is 0.215. The summed E-state index contributed by atoms with van der Waals surface area (Å²) in [6.45, 7) is 6.94. The molecule has 5 heteroatoms. The van der Waals surface area contributed by atoms with Crippen molar-refractivity contribution in [3.05, 3.63) is 69.8 Å². The van der Waals surface area contributed by atoms with Gasteiger partial charge in [0.25, 0.3) is 0 Å². The van der Waals surface area contributed by atoms with Crippen molar-refractivity contribution in [2.45, 2.75) is 27.4 Å². The van der Waals surface area contributed by atoms with Gasteiger partial charge in [0.15, 0.2) is 0 Å². The summed E-state index contributed by atoms with van der Waals surface area (Å²) in [5, 5.41) is 4.36. The van der Waals surface area contributed by atoms with Crippen LogP contribution in [0.15, 0.2) is 47.6 Å². The highest BCUT2D eigenvalue weighted by molar-refractivity contribution is 6.31. The molecule has 2 aromatic carbocycles. The van der Waals surface area contributed by atoms with Crippen molar-refractivity contribution < 1.29 is 14.3 Å². The molecule has 138 valence electrons. The van der Waals surface area contributed by atoms with Gasteiger partial charge in [-0.3, -0.25) is 0 Å². The van der Waals surface area contributed by atoms with Crippen LogP contribution in [0.5, 0.6) is 11.5 Å². The first-order valence-corrected chi connectivity index (χ1v) is 8.76. The summed E-state index contributed by atoms with van der Waals surface area (Å²) < 4.78 is 11.7. The van der Waals surface area contributed by atoms with Gasteiger partial charge in [-0.25, -0.2) is 0 Å².